The van der Waals surface area contributed by atoms with Crippen molar-refractivity contribution in [3.63, 3.8) is 0 Å². The molecule has 1 aromatic heterocycles. The Morgan fingerprint density at radius 1 is 1.14 bits per heavy atom. The van der Waals surface area contributed by atoms with Gasteiger partial charge in [-0.05, 0) is 23.3 Å². The molecular formula is C14H13N3O3S. The highest BCUT2D eigenvalue weighted by atomic mass is 32.2. The molecule has 1 amide bonds. The van der Waals surface area contributed by atoms with Gasteiger partial charge in [0.25, 0.3) is 15.9 Å². The quantitative estimate of drug-likeness (QED) is 0.908. The number of nitrogens with two attached hydrogens (primary N) is 1. The SMILES string of the molecule is NCc1cccc(CN2C(=O)c3cccnc3S2(=O)=O)c1. The molecule has 0 atom stereocenters. The molecule has 7 heteroatoms. The number of fused-ring (bicyclic) bond motifs is 1. The minimum absolute atomic E-state index is 0.0225. The normalized spacial score (nSPS) is 16.0. The van der Waals surface area contributed by atoms with Crippen molar-refractivity contribution >= 4 is 15.9 Å². The van der Waals surface area contributed by atoms with Crippen LogP contribution in [0.15, 0.2) is 47.6 Å². The van der Waals surface area contributed by atoms with Gasteiger partial charge in [-0.3, -0.25) is 4.79 Å². The summed E-state index contributed by atoms with van der Waals surface area (Å²) >= 11 is 0. The summed E-state index contributed by atoms with van der Waals surface area (Å²) in [6.07, 6.45) is 1.36. The van der Waals surface area contributed by atoms with Crippen molar-refractivity contribution in [2.24, 2.45) is 5.73 Å². The Hall–Kier alpha value is -2.25. The molecule has 0 saturated heterocycles. The maximum atomic E-state index is 12.4. The summed E-state index contributed by atoms with van der Waals surface area (Å²) in [6.45, 7) is 0.335. The molecule has 6 nitrogen and oxygen atoms in total. The Morgan fingerprint density at radius 3 is 2.62 bits per heavy atom. The number of rotatable bonds is 3. The van der Waals surface area contributed by atoms with Gasteiger partial charge >= 0.3 is 0 Å². The van der Waals surface area contributed by atoms with Gasteiger partial charge in [0, 0.05) is 12.7 Å². The highest BCUT2D eigenvalue weighted by Gasteiger charge is 2.42. The molecule has 0 aliphatic carbocycles. The minimum atomic E-state index is -3.87. The molecule has 21 heavy (non-hydrogen) atoms. The number of carbonyl (C=O) groups is 1. The van der Waals surface area contributed by atoms with Crippen LogP contribution in [-0.4, -0.2) is 23.6 Å². The molecular weight excluding hydrogens is 290 g/mol. The predicted octanol–water partition coefficient (Wildman–Crippen LogP) is 0.885. The number of amides is 1. The smallest absolute Gasteiger partial charge is 0.285 e. The fraction of sp³-hybridized carbons (Fsp3) is 0.143. The molecule has 0 fully saturated rings. The van der Waals surface area contributed by atoms with Crippen LogP contribution in [0.4, 0.5) is 0 Å². The molecule has 1 aliphatic heterocycles. The monoisotopic (exact) mass is 303 g/mol. The molecule has 0 spiro atoms. The Labute approximate surface area is 122 Å². The van der Waals surface area contributed by atoms with Gasteiger partial charge in [0.15, 0.2) is 5.03 Å². The maximum absolute atomic E-state index is 12.4. The van der Waals surface area contributed by atoms with Crippen LogP contribution >= 0.6 is 0 Å². The van der Waals surface area contributed by atoms with Gasteiger partial charge in [0.05, 0.1) is 12.1 Å². The van der Waals surface area contributed by atoms with E-state index in [1.165, 1.54) is 12.3 Å². The molecule has 0 radical (unpaired) electrons. The van der Waals surface area contributed by atoms with Crippen LogP contribution in [0, 0.1) is 0 Å². The van der Waals surface area contributed by atoms with Crippen LogP contribution in [-0.2, 0) is 23.1 Å². The van der Waals surface area contributed by atoms with Crippen LogP contribution < -0.4 is 5.73 Å². The third-order valence-corrected chi connectivity index (χ3v) is 5.01. The average molecular weight is 303 g/mol. The first-order chi connectivity index (χ1) is 10.0. The van der Waals surface area contributed by atoms with E-state index in [1.54, 1.807) is 24.3 Å². The Bertz CT molecular complexity index is 818. The van der Waals surface area contributed by atoms with Crippen molar-refractivity contribution in [2.45, 2.75) is 18.1 Å². The van der Waals surface area contributed by atoms with Crippen LogP contribution in [0.5, 0.6) is 0 Å². The van der Waals surface area contributed by atoms with Gasteiger partial charge in [-0.2, -0.15) is 8.42 Å². The molecule has 0 saturated carbocycles. The molecule has 0 bridgehead atoms. The van der Waals surface area contributed by atoms with Gasteiger partial charge < -0.3 is 5.73 Å². The number of sulfonamides is 1. The summed E-state index contributed by atoms with van der Waals surface area (Å²) < 4.78 is 25.6. The van der Waals surface area contributed by atoms with Gasteiger partial charge in [-0.15, -0.1) is 0 Å². The molecule has 108 valence electrons. The minimum Gasteiger partial charge on any atom is -0.326 e. The topological polar surface area (TPSA) is 93.4 Å². The van der Waals surface area contributed by atoms with E-state index in [9.17, 15) is 13.2 Å². The number of hydrogen-bond donors (Lipinski definition) is 1. The first kappa shape index (κ1) is 13.7. The van der Waals surface area contributed by atoms with Crippen molar-refractivity contribution in [2.75, 3.05) is 0 Å². The van der Waals surface area contributed by atoms with E-state index < -0.39 is 15.9 Å². The Morgan fingerprint density at radius 2 is 1.90 bits per heavy atom. The second-order valence-corrected chi connectivity index (χ2v) is 6.47. The standard InChI is InChI=1S/C14H13N3O3S/c15-8-10-3-1-4-11(7-10)9-17-14(18)12-5-2-6-16-13(12)21(17,19)20/h1-7H,8-9,15H2. The number of aromatic nitrogens is 1. The fourth-order valence-corrected chi connectivity index (χ4v) is 3.76. The Balaban J connectivity index is 1.99. The zero-order chi connectivity index (χ0) is 15.0. The van der Waals surface area contributed by atoms with Gasteiger partial charge in [-0.25, -0.2) is 9.29 Å². The highest BCUT2D eigenvalue weighted by Crippen LogP contribution is 2.29. The van der Waals surface area contributed by atoms with Gasteiger partial charge in [-0.1, -0.05) is 24.3 Å². The summed E-state index contributed by atoms with van der Waals surface area (Å²) in [5.74, 6) is -0.545. The molecule has 2 N–H and O–H groups in total. The summed E-state index contributed by atoms with van der Waals surface area (Å²) in [7, 11) is -3.87. The van der Waals surface area contributed by atoms with E-state index in [0.717, 1.165) is 9.87 Å². The van der Waals surface area contributed by atoms with Crippen LogP contribution in [0.25, 0.3) is 0 Å². The average Bonchev–Trinajstić information content (AvgIpc) is 2.69. The second kappa shape index (κ2) is 4.94. The van der Waals surface area contributed by atoms with Crippen LogP contribution in [0.1, 0.15) is 21.5 Å². The van der Waals surface area contributed by atoms with E-state index in [4.69, 9.17) is 5.73 Å². The lowest BCUT2D eigenvalue weighted by Crippen LogP contribution is -2.29. The number of pyridine rings is 1. The molecule has 3 rings (SSSR count). The zero-order valence-electron chi connectivity index (χ0n) is 11.1. The maximum Gasteiger partial charge on any atom is 0.285 e. The van der Waals surface area contributed by atoms with Crippen molar-refractivity contribution in [3.8, 4) is 0 Å². The molecule has 2 heterocycles. The van der Waals surface area contributed by atoms with E-state index in [-0.39, 0.29) is 17.1 Å². The van der Waals surface area contributed by atoms with Crippen molar-refractivity contribution in [1.29, 1.82) is 0 Å². The summed E-state index contributed by atoms with van der Waals surface area (Å²) in [4.78, 5) is 16.1. The second-order valence-electron chi connectivity index (χ2n) is 4.70. The third-order valence-electron chi connectivity index (χ3n) is 3.32. The molecule has 0 unspecified atom stereocenters. The third kappa shape index (κ3) is 2.20. The lowest BCUT2D eigenvalue weighted by atomic mass is 10.1. The lowest BCUT2D eigenvalue weighted by Gasteiger charge is -2.15. The number of benzene rings is 1. The van der Waals surface area contributed by atoms with Gasteiger partial charge in [0.1, 0.15) is 0 Å². The Kier molecular flexibility index (Phi) is 3.23. The largest absolute Gasteiger partial charge is 0.326 e. The summed E-state index contributed by atoms with van der Waals surface area (Å²) in [5, 5.41) is -0.176. The predicted molar refractivity (Wildman–Crippen MR) is 75.6 cm³/mol. The van der Waals surface area contributed by atoms with E-state index in [0.29, 0.717) is 12.1 Å². The lowest BCUT2D eigenvalue weighted by molar-refractivity contribution is 0.0865. The number of nitrogens with zero attached hydrogens (tertiary/aromatic N) is 2. The fourth-order valence-electron chi connectivity index (χ4n) is 2.28. The van der Waals surface area contributed by atoms with E-state index in [1.807, 2.05) is 6.07 Å². The first-order valence-electron chi connectivity index (χ1n) is 6.34. The molecule has 2 aromatic rings. The van der Waals surface area contributed by atoms with Crippen LogP contribution in [0.3, 0.4) is 0 Å². The van der Waals surface area contributed by atoms with E-state index in [2.05, 4.69) is 4.98 Å². The molecule has 1 aliphatic rings. The highest BCUT2D eigenvalue weighted by molar-refractivity contribution is 7.90. The van der Waals surface area contributed by atoms with Crippen molar-refractivity contribution in [1.82, 2.24) is 9.29 Å². The van der Waals surface area contributed by atoms with Crippen LogP contribution in [0.2, 0.25) is 0 Å². The summed E-state index contributed by atoms with van der Waals surface area (Å²) in [5.41, 5.74) is 7.28. The van der Waals surface area contributed by atoms with Gasteiger partial charge in [0.2, 0.25) is 0 Å². The van der Waals surface area contributed by atoms with Crippen molar-refractivity contribution in [3.05, 3.63) is 59.3 Å². The number of hydrogen-bond acceptors (Lipinski definition) is 5. The van der Waals surface area contributed by atoms with Crippen molar-refractivity contribution < 1.29 is 13.2 Å². The molecule has 1 aromatic carbocycles. The van der Waals surface area contributed by atoms with E-state index >= 15 is 0 Å². The first-order valence-corrected chi connectivity index (χ1v) is 7.78. The zero-order valence-corrected chi connectivity index (χ0v) is 11.9. The summed E-state index contributed by atoms with van der Waals surface area (Å²) in [6, 6.07) is 10.2. The number of carbonyl (C=O) groups excluding carboxylic acids is 1.